The Balaban J connectivity index is 2.65. The molecule has 0 heterocycles. The SMILES string of the molecule is CC(=O)CC(/C(C(=O)O)=C(\O)c1ccccc1O)c1ccccc1. The van der Waals surface area contributed by atoms with Crippen LogP contribution in [-0.2, 0) is 9.59 Å². The number of para-hydroxylation sites is 1. The first-order chi connectivity index (χ1) is 11.4. The van der Waals surface area contributed by atoms with Gasteiger partial charge >= 0.3 is 5.97 Å². The molecule has 1 unspecified atom stereocenters. The van der Waals surface area contributed by atoms with Crippen molar-refractivity contribution in [2.24, 2.45) is 0 Å². The topological polar surface area (TPSA) is 94.8 Å². The number of carboxylic acid groups (broad SMARTS) is 1. The van der Waals surface area contributed by atoms with Crippen molar-refractivity contribution in [3.8, 4) is 5.75 Å². The summed E-state index contributed by atoms with van der Waals surface area (Å²) >= 11 is 0. The van der Waals surface area contributed by atoms with Crippen LogP contribution in [0, 0.1) is 0 Å². The van der Waals surface area contributed by atoms with E-state index >= 15 is 0 Å². The van der Waals surface area contributed by atoms with Gasteiger partial charge in [-0.3, -0.25) is 4.79 Å². The van der Waals surface area contributed by atoms with E-state index in [0.29, 0.717) is 5.56 Å². The van der Waals surface area contributed by atoms with Gasteiger partial charge in [0.25, 0.3) is 0 Å². The third kappa shape index (κ3) is 3.81. The first-order valence-corrected chi connectivity index (χ1v) is 7.41. The zero-order valence-corrected chi connectivity index (χ0v) is 13.1. The van der Waals surface area contributed by atoms with Crippen LogP contribution in [0.3, 0.4) is 0 Å². The molecule has 24 heavy (non-hydrogen) atoms. The number of hydrogen-bond donors (Lipinski definition) is 3. The lowest BCUT2D eigenvalue weighted by Crippen LogP contribution is -2.16. The van der Waals surface area contributed by atoms with E-state index in [4.69, 9.17) is 0 Å². The summed E-state index contributed by atoms with van der Waals surface area (Å²) in [6.07, 6.45) is -0.0662. The van der Waals surface area contributed by atoms with Crippen LogP contribution in [0.25, 0.3) is 5.76 Å². The standard InChI is InChI=1S/C19H18O5/c1-12(20)11-15(13-7-3-2-4-8-13)17(19(23)24)18(22)14-9-5-6-10-16(14)21/h2-10,15,21-22H,11H2,1H3,(H,23,24)/b18-17+. The number of carbonyl (C=O) groups is 2. The molecule has 0 aliphatic carbocycles. The van der Waals surface area contributed by atoms with Crippen LogP contribution in [0.4, 0.5) is 0 Å². The molecule has 2 aromatic rings. The Hall–Kier alpha value is -3.08. The lowest BCUT2D eigenvalue weighted by Gasteiger charge is -2.19. The van der Waals surface area contributed by atoms with Gasteiger partial charge in [0, 0.05) is 12.3 Å². The second-order valence-corrected chi connectivity index (χ2v) is 5.45. The molecule has 0 aliphatic rings. The molecular weight excluding hydrogens is 308 g/mol. The highest BCUT2D eigenvalue weighted by Gasteiger charge is 2.29. The van der Waals surface area contributed by atoms with E-state index in [2.05, 4.69) is 0 Å². The predicted octanol–water partition coefficient (Wildman–Crippen LogP) is 3.51. The van der Waals surface area contributed by atoms with Crippen LogP contribution in [0.1, 0.15) is 30.4 Å². The lowest BCUT2D eigenvalue weighted by atomic mass is 9.85. The van der Waals surface area contributed by atoms with Crippen LogP contribution in [0.2, 0.25) is 0 Å². The van der Waals surface area contributed by atoms with E-state index in [1.807, 2.05) is 0 Å². The van der Waals surface area contributed by atoms with E-state index in [1.165, 1.54) is 19.1 Å². The van der Waals surface area contributed by atoms with Crippen LogP contribution >= 0.6 is 0 Å². The number of aromatic hydroxyl groups is 1. The Bertz CT molecular complexity index is 777. The Morgan fingerprint density at radius 1 is 0.958 bits per heavy atom. The number of benzene rings is 2. The summed E-state index contributed by atoms with van der Waals surface area (Å²) in [5, 5.41) is 30.0. The third-order valence-corrected chi connectivity index (χ3v) is 3.69. The van der Waals surface area contributed by atoms with Crippen LogP contribution in [0.5, 0.6) is 5.75 Å². The minimum atomic E-state index is -1.34. The maximum atomic E-state index is 11.8. The second kappa shape index (κ2) is 7.46. The van der Waals surface area contributed by atoms with Gasteiger partial charge in [0.1, 0.15) is 17.3 Å². The first kappa shape index (κ1) is 17.3. The maximum Gasteiger partial charge on any atom is 0.335 e. The highest BCUT2D eigenvalue weighted by atomic mass is 16.4. The van der Waals surface area contributed by atoms with Crippen LogP contribution in [0.15, 0.2) is 60.2 Å². The van der Waals surface area contributed by atoms with Gasteiger partial charge < -0.3 is 15.3 Å². The fraction of sp³-hybridized carbons (Fsp3) is 0.158. The fourth-order valence-electron chi connectivity index (χ4n) is 2.59. The van der Waals surface area contributed by atoms with Gasteiger partial charge in [-0.15, -0.1) is 0 Å². The first-order valence-electron chi connectivity index (χ1n) is 7.41. The summed E-state index contributed by atoms with van der Waals surface area (Å²) in [6, 6.07) is 14.6. The molecule has 124 valence electrons. The number of carboxylic acids is 1. The van der Waals surface area contributed by atoms with Gasteiger partial charge in [0.15, 0.2) is 0 Å². The molecular formula is C19H18O5. The molecule has 1 atom stereocenters. The summed E-state index contributed by atoms with van der Waals surface area (Å²) in [4.78, 5) is 23.4. The number of rotatable bonds is 6. The number of ketones is 1. The molecule has 5 heteroatoms. The molecule has 0 bridgehead atoms. The highest BCUT2D eigenvalue weighted by molar-refractivity contribution is 5.98. The van der Waals surface area contributed by atoms with Gasteiger partial charge in [-0.05, 0) is 24.6 Å². The zero-order valence-electron chi connectivity index (χ0n) is 13.1. The average molecular weight is 326 g/mol. The molecule has 2 rings (SSSR count). The molecule has 0 aromatic heterocycles. The molecule has 0 fully saturated rings. The molecule has 5 nitrogen and oxygen atoms in total. The molecule has 2 aromatic carbocycles. The smallest absolute Gasteiger partial charge is 0.335 e. The minimum Gasteiger partial charge on any atom is -0.507 e. The lowest BCUT2D eigenvalue weighted by molar-refractivity contribution is -0.133. The number of aliphatic hydroxyl groups is 1. The van der Waals surface area contributed by atoms with Crippen molar-refractivity contribution in [1.82, 2.24) is 0 Å². The summed E-state index contributed by atoms with van der Waals surface area (Å²) in [6.45, 7) is 1.37. The molecule has 0 amide bonds. The Morgan fingerprint density at radius 2 is 1.54 bits per heavy atom. The molecule has 0 radical (unpaired) electrons. The number of phenolic OH excluding ortho intramolecular Hbond substituents is 1. The van der Waals surface area contributed by atoms with Gasteiger partial charge in [-0.1, -0.05) is 42.5 Å². The fourth-order valence-corrected chi connectivity index (χ4v) is 2.59. The van der Waals surface area contributed by atoms with E-state index in [9.17, 15) is 24.9 Å². The normalized spacial score (nSPS) is 13.0. The monoisotopic (exact) mass is 326 g/mol. The Morgan fingerprint density at radius 3 is 2.08 bits per heavy atom. The minimum absolute atomic E-state index is 0.0133. The van der Waals surface area contributed by atoms with Crippen molar-refractivity contribution in [1.29, 1.82) is 0 Å². The molecule has 0 saturated carbocycles. The molecule has 3 N–H and O–H groups in total. The van der Waals surface area contributed by atoms with Crippen molar-refractivity contribution < 1.29 is 24.9 Å². The summed E-state index contributed by atoms with van der Waals surface area (Å²) in [7, 11) is 0. The number of phenols is 1. The van der Waals surface area contributed by atoms with Gasteiger partial charge in [-0.25, -0.2) is 4.79 Å². The van der Waals surface area contributed by atoms with Crippen molar-refractivity contribution in [3.05, 3.63) is 71.3 Å². The zero-order chi connectivity index (χ0) is 17.7. The van der Waals surface area contributed by atoms with E-state index in [0.717, 1.165) is 0 Å². The van der Waals surface area contributed by atoms with Crippen molar-refractivity contribution in [2.45, 2.75) is 19.3 Å². The van der Waals surface area contributed by atoms with E-state index in [1.54, 1.807) is 42.5 Å². The van der Waals surface area contributed by atoms with E-state index < -0.39 is 17.6 Å². The molecule has 0 spiro atoms. The second-order valence-electron chi connectivity index (χ2n) is 5.45. The number of aliphatic hydroxyl groups excluding tert-OH is 1. The molecule has 0 saturated heterocycles. The number of aliphatic carboxylic acids is 1. The predicted molar refractivity (Wildman–Crippen MR) is 89.8 cm³/mol. The summed E-state index contributed by atoms with van der Waals surface area (Å²) < 4.78 is 0. The van der Waals surface area contributed by atoms with Crippen molar-refractivity contribution in [3.63, 3.8) is 0 Å². The number of Topliss-reactive ketones (excluding diaryl/α,β-unsaturated/α-hetero) is 1. The van der Waals surface area contributed by atoms with Gasteiger partial charge in [-0.2, -0.15) is 0 Å². The quantitative estimate of drug-likeness (QED) is 0.558. The highest BCUT2D eigenvalue weighted by Crippen LogP contribution is 2.35. The maximum absolute atomic E-state index is 11.8. The van der Waals surface area contributed by atoms with Gasteiger partial charge in [0.05, 0.1) is 11.1 Å². The van der Waals surface area contributed by atoms with Gasteiger partial charge in [0.2, 0.25) is 0 Å². The Labute approximate surface area is 139 Å². The summed E-state index contributed by atoms with van der Waals surface area (Å²) in [5.74, 6) is -3.14. The van der Waals surface area contributed by atoms with Crippen molar-refractivity contribution in [2.75, 3.05) is 0 Å². The number of carbonyl (C=O) groups excluding carboxylic acids is 1. The third-order valence-electron chi connectivity index (χ3n) is 3.69. The molecule has 0 aliphatic heterocycles. The number of hydrogen-bond acceptors (Lipinski definition) is 4. The van der Waals surface area contributed by atoms with E-state index in [-0.39, 0.29) is 29.1 Å². The van der Waals surface area contributed by atoms with Crippen LogP contribution in [-0.4, -0.2) is 27.1 Å². The van der Waals surface area contributed by atoms with Crippen molar-refractivity contribution >= 4 is 17.5 Å². The summed E-state index contributed by atoms with van der Waals surface area (Å²) in [5.41, 5.74) is 0.296. The Kier molecular flexibility index (Phi) is 5.37. The average Bonchev–Trinajstić information content (AvgIpc) is 2.54. The largest absolute Gasteiger partial charge is 0.507 e. The van der Waals surface area contributed by atoms with Crippen LogP contribution < -0.4 is 0 Å².